The van der Waals surface area contributed by atoms with E-state index in [2.05, 4.69) is 10.3 Å². The van der Waals surface area contributed by atoms with Crippen LogP contribution in [0, 0.1) is 12.8 Å². The number of carbonyl (C=O) groups is 3. The molecule has 3 aromatic rings. The summed E-state index contributed by atoms with van der Waals surface area (Å²) in [7, 11) is 0. The van der Waals surface area contributed by atoms with Gasteiger partial charge in [0, 0.05) is 48.5 Å². The van der Waals surface area contributed by atoms with Gasteiger partial charge in [-0.1, -0.05) is 0 Å². The summed E-state index contributed by atoms with van der Waals surface area (Å²) in [6.07, 6.45) is 6.82. The standard InChI is InChI=1S/C28H31N5O4/c1-18-4-9-22(26(35)31-20-5-7-21(8-6-20)33-15-12-29-17-33)25(30-18)19-10-13-32(14-11-19)27(36)23-16-24(34)37-28(23,2)3/h4-9,12,15,17,19,23H,10-11,13-14,16H2,1-3H3,(H,31,35). The molecule has 1 N–H and O–H groups in total. The van der Waals surface area contributed by atoms with Gasteiger partial charge in [-0.3, -0.25) is 19.4 Å². The van der Waals surface area contributed by atoms with E-state index in [0.717, 1.165) is 17.1 Å². The van der Waals surface area contributed by atoms with Crippen LogP contribution in [0.4, 0.5) is 5.69 Å². The van der Waals surface area contributed by atoms with Crippen molar-refractivity contribution in [2.24, 2.45) is 5.92 Å². The molecule has 1 unspecified atom stereocenters. The molecular formula is C28H31N5O4. The van der Waals surface area contributed by atoms with E-state index in [1.165, 1.54) is 0 Å². The van der Waals surface area contributed by atoms with Gasteiger partial charge in [-0.25, -0.2) is 4.98 Å². The molecule has 1 aromatic carbocycles. The van der Waals surface area contributed by atoms with Crippen molar-refractivity contribution in [1.82, 2.24) is 19.4 Å². The zero-order valence-corrected chi connectivity index (χ0v) is 21.3. The minimum absolute atomic E-state index is 0.0383. The van der Waals surface area contributed by atoms with E-state index in [9.17, 15) is 14.4 Å². The number of aryl methyl sites for hydroxylation is 1. The van der Waals surface area contributed by atoms with Gasteiger partial charge in [0.25, 0.3) is 5.91 Å². The monoisotopic (exact) mass is 501 g/mol. The highest BCUT2D eigenvalue weighted by Gasteiger charge is 2.48. The Morgan fingerprint density at radius 2 is 1.81 bits per heavy atom. The first-order valence-corrected chi connectivity index (χ1v) is 12.6. The summed E-state index contributed by atoms with van der Waals surface area (Å²) < 4.78 is 7.24. The number of likely N-dealkylation sites (tertiary alicyclic amines) is 1. The van der Waals surface area contributed by atoms with Crippen LogP contribution in [0.25, 0.3) is 5.69 Å². The van der Waals surface area contributed by atoms with Gasteiger partial charge in [0.2, 0.25) is 5.91 Å². The van der Waals surface area contributed by atoms with Crippen molar-refractivity contribution < 1.29 is 19.1 Å². The number of anilines is 1. The van der Waals surface area contributed by atoms with Crippen molar-refractivity contribution in [3.63, 3.8) is 0 Å². The lowest BCUT2D eigenvalue weighted by molar-refractivity contribution is -0.149. The second-order valence-electron chi connectivity index (χ2n) is 10.3. The number of piperidine rings is 1. The van der Waals surface area contributed by atoms with Crippen molar-refractivity contribution in [2.75, 3.05) is 18.4 Å². The summed E-state index contributed by atoms with van der Waals surface area (Å²) in [4.78, 5) is 48.8. The zero-order chi connectivity index (χ0) is 26.2. The molecule has 5 rings (SSSR count). The summed E-state index contributed by atoms with van der Waals surface area (Å²) in [5, 5.41) is 2.99. The highest BCUT2D eigenvalue weighted by Crippen LogP contribution is 2.36. The Morgan fingerprint density at radius 3 is 2.43 bits per heavy atom. The number of amides is 2. The number of rotatable bonds is 5. The number of imidazole rings is 1. The van der Waals surface area contributed by atoms with Crippen molar-refractivity contribution in [1.29, 1.82) is 0 Å². The van der Waals surface area contributed by atoms with Crippen molar-refractivity contribution in [2.45, 2.75) is 51.6 Å². The minimum Gasteiger partial charge on any atom is -0.459 e. The normalized spacial score (nSPS) is 19.5. The van der Waals surface area contributed by atoms with Crippen LogP contribution < -0.4 is 5.32 Å². The van der Waals surface area contributed by atoms with Gasteiger partial charge in [0.05, 0.1) is 29.9 Å². The van der Waals surface area contributed by atoms with Crippen LogP contribution in [0.3, 0.4) is 0 Å². The SMILES string of the molecule is Cc1ccc(C(=O)Nc2ccc(-n3ccnc3)cc2)c(C2CCN(C(=O)C3CC(=O)OC3(C)C)CC2)n1. The van der Waals surface area contributed by atoms with E-state index in [1.807, 2.05) is 59.0 Å². The Hall–Kier alpha value is -4.01. The van der Waals surface area contributed by atoms with Crippen LogP contribution in [0.5, 0.6) is 0 Å². The number of nitrogens with zero attached hydrogens (tertiary/aromatic N) is 4. The number of cyclic esters (lactones) is 1. The summed E-state index contributed by atoms with van der Waals surface area (Å²) in [6.45, 7) is 6.60. The molecule has 37 heavy (non-hydrogen) atoms. The molecule has 9 nitrogen and oxygen atoms in total. The third-order valence-corrected chi connectivity index (χ3v) is 7.31. The molecule has 0 bridgehead atoms. The van der Waals surface area contributed by atoms with E-state index in [1.54, 1.807) is 26.4 Å². The number of benzene rings is 1. The first-order chi connectivity index (χ1) is 17.7. The van der Waals surface area contributed by atoms with E-state index in [4.69, 9.17) is 9.72 Å². The number of pyridine rings is 1. The van der Waals surface area contributed by atoms with Gasteiger partial charge >= 0.3 is 5.97 Å². The lowest BCUT2D eigenvalue weighted by Gasteiger charge is -2.35. The third-order valence-electron chi connectivity index (χ3n) is 7.31. The first kappa shape index (κ1) is 24.7. The molecule has 2 saturated heterocycles. The summed E-state index contributed by atoms with van der Waals surface area (Å²) >= 11 is 0. The van der Waals surface area contributed by atoms with Crippen molar-refractivity contribution >= 4 is 23.5 Å². The van der Waals surface area contributed by atoms with E-state index < -0.39 is 11.5 Å². The minimum atomic E-state index is -0.786. The second-order valence-corrected chi connectivity index (χ2v) is 10.3. The summed E-state index contributed by atoms with van der Waals surface area (Å²) in [5.41, 5.74) is 3.01. The Labute approximate surface area is 215 Å². The topological polar surface area (TPSA) is 106 Å². The predicted molar refractivity (Wildman–Crippen MR) is 137 cm³/mol. The number of esters is 1. The fraction of sp³-hybridized carbons (Fsp3) is 0.393. The van der Waals surface area contributed by atoms with Crippen LogP contribution in [-0.4, -0.2) is 55.9 Å². The van der Waals surface area contributed by atoms with E-state index in [-0.39, 0.29) is 30.1 Å². The smallest absolute Gasteiger partial charge is 0.307 e. The molecule has 192 valence electrons. The molecule has 2 aliphatic rings. The molecule has 9 heteroatoms. The Balaban J connectivity index is 1.27. The fourth-order valence-corrected chi connectivity index (χ4v) is 5.20. The van der Waals surface area contributed by atoms with Gasteiger partial charge in [0.1, 0.15) is 5.60 Å². The largest absolute Gasteiger partial charge is 0.459 e. The third kappa shape index (κ3) is 5.12. The van der Waals surface area contributed by atoms with E-state index in [0.29, 0.717) is 37.2 Å². The van der Waals surface area contributed by atoms with Crippen LogP contribution in [0.2, 0.25) is 0 Å². The maximum Gasteiger partial charge on any atom is 0.307 e. The second kappa shape index (κ2) is 9.80. The number of nitrogens with one attached hydrogen (secondary N) is 1. The molecule has 2 aliphatic heterocycles. The molecule has 0 aliphatic carbocycles. The highest BCUT2D eigenvalue weighted by molar-refractivity contribution is 6.05. The Kier molecular flexibility index (Phi) is 6.54. The molecule has 0 radical (unpaired) electrons. The fourth-order valence-electron chi connectivity index (χ4n) is 5.20. The number of carbonyl (C=O) groups excluding carboxylic acids is 3. The molecule has 4 heterocycles. The van der Waals surface area contributed by atoms with Crippen molar-refractivity contribution in [3.05, 3.63) is 72.1 Å². The molecule has 2 fully saturated rings. The van der Waals surface area contributed by atoms with Crippen LogP contribution in [-0.2, 0) is 14.3 Å². The quantitative estimate of drug-likeness (QED) is 0.532. The molecular weight excluding hydrogens is 470 g/mol. The number of hydrogen-bond acceptors (Lipinski definition) is 6. The average molecular weight is 502 g/mol. The lowest BCUT2D eigenvalue weighted by atomic mass is 9.86. The van der Waals surface area contributed by atoms with Gasteiger partial charge in [0.15, 0.2) is 0 Å². The van der Waals surface area contributed by atoms with Gasteiger partial charge < -0.3 is 19.5 Å². The van der Waals surface area contributed by atoms with Gasteiger partial charge in [-0.15, -0.1) is 0 Å². The number of ether oxygens (including phenoxy) is 1. The molecule has 1 atom stereocenters. The molecule has 0 saturated carbocycles. The van der Waals surface area contributed by atoms with Crippen LogP contribution in [0.15, 0.2) is 55.1 Å². The Bertz CT molecular complexity index is 1310. The van der Waals surface area contributed by atoms with Crippen LogP contribution >= 0.6 is 0 Å². The van der Waals surface area contributed by atoms with Crippen LogP contribution in [0.1, 0.15) is 60.8 Å². The average Bonchev–Trinajstić information content (AvgIpc) is 3.51. The maximum atomic E-state index is 13.3. The van der Waals surface area contributed by atoms with E-state index >= 15 is 0 Å². The molecule has 2 aromatic heterocycles. The molecule has 2 amide bonds. The van der Waals surface area contributed by atoms with Crippen molar-refractivity contribution in [3.8, 4) is 5.69 Å². The predicted octanol–water partition coefficient (Wildman–Crippen LogP) is 3.88. The summed E-state index contributed by atoms with van der Waals surface area (Å²) in [6, 6.07) is 11.2. The lowest BCUT2D eigenvalue weighted by Crippen LogP contribution is -2.46. The van der Waals surface area contributed by atoms with Gasteiger partial charge in [-0.05, 0) is 70.0 Å². The summed E-state index contributed by atoms with van der Waals surface area (Å²) in [5.74, 6) is -0.976. The highest BCUT2D eigenvalue weighted by atomic mass is 16.6. The number of aromatic nitrogens is 3. The zero-order valence-electron chi connectivity index (χ0n) is 21.3. The number of hydrogen-bond donors (Lipinski definition) is 1. The Morgan fingerprint density at radius 1 is 1.08 bits per heavy atom. The van der Waals surface area contributed by atoms with Gasteiger partial charge in [-0.2, -0.15) is 0 Å². The molecule has 0 spiro atoms. The maximum absolute atomic E-state index is 13.3. The first-order valence-electron chi connectivity index (χ1n) is 12.6.